The topological polar surface area (TPSA) is 56.3 Å². The third kappa shape index (κ3) is 2.53. The number of nitrogens with one attached hydrogen (secondary N) is 1. The molecule has 1 aliphatic rings. The van der Waals surface area contributed by atoms with Gasteiger partial charge < -0.3 is 14.8 Å². The molecule has 0 saturated carbocycles. The number of benzene rings is 1. The Morgan fingerprint density at radius 2 is 2.11 bits per heavy atom. The number of anilines is 1. The molecule has 1 aromatic heterocycles. The van der Waals surface area contributed by atoms with Gasteiger partial charge in [-0.15, -0.1) is 0 Å². The van der Waals surface area contributed by atoms with E-state index in [-0.39, 0.29) is 0 Å². The van der Waals surface area contributed by atoms with Crippen molar-refractivity contribution in [1.29, 1.82) is 0 Å². The molecule has 0 aliphatic carbocycles. The molecule has 2 heterocycles. The Balaban J connectivity index is 1.59. The first kappa shape index (κ1) is 11.3. The lowest BCUT2D eigenvalue weighted by molar-refractivity contribution is 0.171. The van der Waals surface area contributed by atoms with E-state index in [9.17, 15) is 0 Å². The first-order valence-corrected chi connectivity index (χ1v) is 6.58. The Bertz CT molecular complexity index is 516. The Kier molecular flexibility index (Phi) is 3.27. The van der Waals surface area contributed by atoms with Crippen LogP contribution in [0.25, 0.3) is 0 Å². The van der Waals surface area contributed by atoms with Crippen LogP contribution < -0.4 is 14.8 Å². The fraction of sp³-hybridized carbons (Fsp3) is 0.333. The van der Waals surface area contributed by atoms with Crippen LogP contribution in [-0.4, -0.2) is 29.1 Å². The number of nitrogens with zero attached hydrogens (tertiary/aromatic N) is 2. The summed E-state index contributed by atoms with van der Waals surface area (Å²) in [4.78, 5) is 4.07. The molecule has 2 aromatic rings. The maximum atomic E-state index is 5.55. The average molecular weight is 263 g/mol. The minimum absolute atomic E-state index is 0.624. The highest BCUT2D eigenvalue weighted by Crippen LogP contribution is 2.30. The quantitative estimate of drug-likeness (QED) is 0.914. The first-order valence-electron chi connectivity index (χ1n) is 5.81. The Hall–Kier alpha value is -1.82. The van der Waals surface area contributed by atoms with E-state index in [1.807, 2.05) is 12.1 Å². The molecule has 3 rings (SSSR count). The van der Waals surface area contributed by atoms with Crippen molar-refractivity contribution in [2.75, 3.05) is 25.1 Å². The van der Waals surface area contributed by atoms with Crippen LogP contribution in [-0.2, 0) is 6.42 Å². The smallest absolute Gasteiger partial charge is 0.202 e. The molecule has 1 aromatic carbocycles. The summed E-state index contributed by atoms with van der Waals surface area (Å²) >= 11 is 1.36. The van der Waals surface area contributed by atoms with Crippen molar-refractivity contribution >= 4 is 16.7 Å². The molecule has 0 bridgehead atoms. The van der Waals surface area contributed by atoms with Gasteiger partial charge in [-0.1, -0.05) is 6.07 Å². The van der Waals surface area contributed by atoms with Gasteiger partial charge in [0, 0.05) is 18.1 Å². The molecule has 0 fully saturated rings. The van der Waals surface area contributed by atoms with E-state index in [0.717, 1.165) is 29.6 Å². The minimum atomic E-state index is 0.624. The van der Waals surface area contributed by atoms with Crippen LogP contribution in [0.1, 0.15) is 5.56 Å². The highest BCUT2D eigenvalue weighted by atomic mass is 32.1. The molecular weight excluding hydrogens is 250 g/mol. The van der Waals surface area contributed by atoms with Gasteiger partial charge in [0.15, 0.2) is 11.5 Å². The van der Waals surface area contributed by atoms with Crippen LogP contribution in [0.5, 0.6) is 11.5 Å². The van der Waals surface area contributed by atoms with Crippen molar-refractivity contribution in [2.45, 2.75) is 6.42 Å². The van der Waals surface area contributed by atoms with Crippen LogP contribution in [0.15, 0.2) is 24.5 Å². The van der Waals surface area contributed by atoms with Crippen molar-refractivity contribution in [1.82, 2.24) is 9.36 Å². The molecule has 0 saturated heterocycles. The van der Waals surface area contributed by atoms with Gasteiger partial charge in [-0.05, 0) is 24.1 Å². The molecule has 1 aliphatic heterocycles. The summed E-state index contributed by atoms with van der Waals surface area (Å²) in [6.07, 6.45) is 2.47. The van der Waals surface area contributed by atoms with Gasteiger partial charge in [-0.3, -0.25) is 0 Å². The number of hydrogen-bond acceptors (Lipinski definition) is 6. The van der Waals surface area contributed by atoms with E-state index in [1.54, 1.807) is 6.33 Å². The Morgan fingerprint density at radius 1 is 1.22 bits per heavy atom. The molecule has 18 heavy (non-hydrogen) atoms. The second-order valence-electron chi connectivity index (χ2n) is 3.90. The maximum absolute atomic E-state index is 5.55. The average Bonchev–Trinajstić information content (AvgIpc) is 2.92. The summed E-state index contributed by atoms with van der Waals surface area (Å²) in [5, 5.41) is 4.08. The van der Waals surface area contributed by atoms with Crippen LogP contribution in [0.3, 0.4) is 0 Å². The van der Waals surface area contributed by atoms with E-state index in [4.69, 9.17) is 9.47 Å². The van der Waals surface area contributed by atoms with Gasteiger partial charge in [0.05, 0.1) is 0 Å². The number of fused-ring (bicyclic) bond motifs is 1. The predicted octanol–water partition coefficient (Wildman–Crippen LogP) is 1.96. The normalized spacial score (nSPS) is 13.3. The van der Waals surface area contributed by atoms with E-state index in [0.29, 0.717) is 13.2 Å². The highest BCUT2D eigenvalue weighted by molar-refractivity contribution is 7.09. The summed E-state index contributed by atoms with van der Waals surface area (Å²) in [5.41, 5.74) is 1.22. The fourth-order valence-electron chi connectivity index (χ4n) is 1.81. The largest absolute Gasteiger partial charge is 0.486 e. The van der Waals surface area contributed by atoms with E-state index < -0.39 is 0 Å². The third-order valence-corrected chi connectivity index (χ3v) is 3.28. The van der Waals surface area contributed by atoms with Crippen LogP contribution in [0, 0.1) is 0 Å². The van der Waals surface area contributed by atoms with Gasteiger partial charge in [0.25, 0.3) is 0 Å². The van der Waals surface area contributed by atoms with Gasteiger partial charge in [0.1, 0.15) is 19.5 Å². The summed E-state index contributed by atoms with van der Waals surface area (Å²) in [6, 6.07) is 6.07. The molecule has 94 valence electrons. The van der Waals surface area contributed by atoms with Crippen molar-refractivity contribution in [3.05, 3.63) is 30.1 Å². The van der Waals surface area contributed by atoms with Crippen LogP contribution in [0.4, 0.5) is 5.13 Å². The molecule has 0 spiro atoms. The summed E-state index contributed by atoms with van der Waals surface area (Å²) in [5.74, 6) is 1.68. The lowest BCUT2D eigenvalue weighted by Crippen LogP contribution is -2.15. The zero-order valence-corrected chi connectivity index (χ0v) is 10.6. The number of rotatable bonds is 4. The Morgan fingerprint density at radius 3 is 2.94 bits per heavy atom. The van der Waals surface area contributed by atoms with Crippen LogP contribution in [0.2, 0.25) is 0 Å². The lowest BCUT2D eigenvalue weighted by atomic mass is 10.1. The van der Waals surface area contributed by atoms with Crippen molar-refractivity contribution in [2.24, 2.45) is 0 Å². The van der Waals surface area contributed by atoms with Crippen molar-refractivity contribution in [3.63, 3.8) is 0 Å². The SMILES string of the molecule is c1nsc(NCCc2ccc3c(c2)OCCO3)n1. The number of ether oxygens (including phenoxy) is 2. The van der Waals surface area contributed by atoms with E-state index >= 15 is 0 Å². The van der Waals surface area contributed by atoms with E-state index in [2.05, 4.69) is 20.7 Å². The molecular formula is C12H13N3O2S. The second-order valence-corrected chi connectivity index (χ2v) is 4.68. The van der Waals surface area contributed by atoms with E-state index in [1.165, 1.54) is 17.1 Å². The summed E-state index contributed by atoms with van der Waals surface area (Å²) < 4.78 is 15.0. The molecule has 0 unspecified atom stereocenters. The second kappa shape index (κ2) is 5.22. The molecule has 6 heteroatoms. The van der Waals surface area contributed by atoms with Gasteiger partial charge >= 0.3 is 0 Å². The lowest BCUT2D eigenvalue weighted by Gasteiger charge is -2.18. The molecule has 1 N–H and O–H groups in total. The summed E-state index contributed by atoms with van der Waals surface area (Å²) in [7, 11) is 0. The van der Waals surface area contributed by atoms with Crippen LogP contribution >= 0.6 is 11.5 Å². The minimum Gasteiger partial charge on any atom is -0.486 e. The summed E-state index contributed by atoms with van der Waals surface area (Å²) in [6.45, 7) is 2.08. The number of hydrogen-bond donors (Lipinski definition) is 1. The van der Waals surface area contributed by atoms with Gasteiger partial charge in [-0.25, -0.2) is 4.98 Å². The molecule has 5 nitrogen and oxygen atoms in total. The fourth-order valence-corrected chi connectivity index (χ4v) is 2.26. The first-order chi connectivity index (χ1) is 8.92. The van der Waals surface area contributed by atoms with Crippen molar-refractivity contribution in [3.8, 4) is 11.5 Å². The number of aromatic nitrogens is 2. The maximum Gasteiger partial charge on any atom is 0.202 e. The molecule has 0 atom stereocenters. The standard InChI is InChI=1S/C12H13N3O2S/c1-2-10-11(17-6-5-16-10)7-9(1)3-4-13-12-14-8-15-18-12/h1-2,7-8H,3-6H2,(H,13,14,15). The Labute approximate surface area is 109 Å². The molecule has 0 amide bonds. The van der Waals surface area contributed by atoms with Crippen molar-refractivity contribution < 1.29 is 9.47 Å². The molecule has 0 radical (unpaired) electrons. The highest BCUT2D eigenvalue weighted by Gasteiger charge is 2.11. The van der Waals surface area contributed by atoms with Gasteiger partial charge in [-0.2, -0.15) is 4.37 Å². The zero-order valence-electron chi connectivity index (χ0n) is 9.76. The predicted molar refractivity (Wildman–Crippen MR) is 69.5 cm³/mol. The monoisotopic (exact) mass is 263 g/mol. The zero-order chi connectivity index (χ0) is 12.2. The third-order valence-electron chi connectivity index (χ3n) is 2.66. The van der Waals surface area contributed by atoms with Gasteiger partial charge in [0.2, 0.25) is 5.13 Å².